The number of para-hydroxylation sites is 1. The van der Waals surface area contributed by atoms with Crippen molar-refractivity contribution in [2.75, 3.05) is 5.32 Å². The van der Waals surface area contributed by atoms with Crippen LogP contribution in [-0.4, -0.2) is 11.0 Å². The number of nitrogens with two attached hydrogens (primary N) is 1. The monoisotopic (exact) mass is 380 g/mol. The Morgan fingerprint density at radius 2 is 1.96 bits per heavy atom. The van der Waals surface area contributed by atoms with Crippen molar-refractivity contribution >= 4 is 11.7 Å². The van der Waals surface area contributed by atoms with E-state index >= 15 is 0 Å². The van der Waals surface area contributed by atoms with Gasteiger partial charge in [-0.25, -0.2) is 15.0 Å². The number of hydrogen-bond acceptors (Lipinski definition) is 4. The van der Waals surface area contributed by atoms with Crippen LogP contribution in [0.5, 0.6) is 5.75 Å². The number of amides is 2. The molecule has 0 aliphatic heterocycles. The molecule has 0 aliphatic carbocycles. The molecule has 3 aromatic rings. The summed E-state index contributed by atoms with van der Waals surface area (Å²) in [5.74, 6) is 5.38. The fourth-order valence-corrected chi connectivity index (χ4v) is 2.83. The van der Waals surface area contributed by atoms with Crippen molar-refractivity contribution in [3.8, 4) is 17.0 Å². The minimum absolute atomic E-state index is 0.312. The van der Waals surface area contributed by atoms with Gasteiger partial charge in [-0.05, 0) is 48.7 Å². The summed E-state index contributed by atoms with van der Waals surface area (Å²) < 4.78 is 19.4. The highest BCUT2D eigenvalue weighted by molar-refractivity contribution is 5.90. The summed E-state index contributed by atoms with van der Waals surface area (Å²) >= 11 is 0. The molecular formula is C21H21FN4O2. The molecule has 6 nitrogen and oxygen atoms in total. The number of rotatable bonds is 5. The van der Waals surface area contributed by atoms with E-state index in [1.54, 1.807) is 6.07 Å². The molecule has 4 N–H and O–H groups in total. The number of carbonyl (C=O) groups excluding carboxylic acids is 1. The zero-order valence-electron chi connectivity index (χ0n) is 15.6. The molecule has 7 heteroatoms. The minimum Gasteiger partial charge on any atom is -0.486 e. The van der Waals surface area contributed by atoms with E-state index in [0.29, 0.717) is 23.7 Å². The summed E-state index contributed by atoms with van der Waals surface area (Å²) in [5, 5.41) is 2.64. The lowest BCUT2D eigenvalue weighted by atomic mass is 10.0. The number of hydrogen-bond donors (Lipinski definition) is 3. The third kappa shape index (κ3) is 4.44. The van der Waals surface area contributed by atoms with E-state index in [9.17, 15) is 9.18 Å². The molecule has 0 aliphatic rings. The van der Waals surface area contributed by atoms with Crippen molar-refractivity contribution in [1.29, 1.82) is 0 Å². The first kappa shape index (κ1) is 19.3. The number of pyridine rings is 1. The lowest BCUT2D eigenvalue weighted by molar-refractivity contribution is 0.252. The van der Waals surface area contributed by atoms with Gasteiger partial charge in [0.1, 0.15) is 18.2 Å². The molecule has 0 saturated carbocycles. The van der Waals surface area contributed by atoms with E-state index in [1.807, 2.05) is 49.6 Å². The van der Waals surface area contributed by atoms with Gasteiger partial charge in [0.2, 0.25) is 0 Å². The van der Waals surface area contributed by atoms with Gasteiger partial charge in [0.15, 0.2) is 0 Å². The first-order valence-corrected chi connectivity index (χ1v) is 8.69. The van der Waals surface area contributed by atoms with Gasteiger partial charge in [0, 0.05) is 17.8 Å². The molecule has 0 radical (unpaired) electrons. The third-order valence-corrected chi connectivity index (χ3v) is 4.32. The normalized spacial score (nSPS) is 10.4. The highest BCUT2D eigenvalue weighted by Gasteiger charge is 2.11. The average molecular weight is 380 g/mol. The fraction of sp³-hybridized carbons (Fsp3) is 0.143. The molecule has 1 aromatic heterocycles. The molecular weight excluding hydrogens is 359 g/mol. The van der Waals surface area contributed by atoms with Gasteiger partial charge >= 0.3 is 6.03 Å². The summed E-state index contributed by atoms with van der Waals surface area (Å²) in [6.07, 6.45) is 1.45. The van der Waals surface area contributed by atoms with E-state index in [-0.39, 0.29) is 5.82 Å². The summed E-state index contributed by atoms with van der Waals surface area (Å²) in [6, 6.07) is 13.4. The number of anilines is 1. The molecule has 144 valence electrons. The van der Waals surface area contributed by atoms with E-state index in [0.717, 1.165) is 22.3 Å². The highest BCUT2D eigenvalue weighted by atomic mass is 19.1. The van der Waals surface area contributed by atoms with Crippen molar-refractivity contribution in [2.45, 2.75) is 20.5 Å². The summed E-state index contributed by atoms with van der Waals surface area (Å²) in [7, 11) is 0. The van der Waals surface area contributed by atoms with Crippen molar-refractivity contribution in [2.24, 2.45) is 5.84 Å². The first-order valence-electron chi connectivity index (χ1n) is 8.69. The molecule has 3 rings (SSSR count). The number of aromatic nitrogens is 1. The van der Waals surface area contributed by atoms with Crippen LogP contribution in [0.3, 0.4) is 0 Å². The second-order valence-electron chi connectivity index (χ2n) is 6.34. The van der Waals surface area contributed by atoms with E-state index in [2.05, 4.69) is 10.3 Å². The quantitative estimate of drug-likeness (QED) is 0.353. The van der Waals surface area contributed by atoms with Crippen LogP contribution in [0, 0.1) is 19.7 Å². The molecule has 0 atom stereocenters. The number of benzene rings is 2. The van der Waals surface area contributed by atoms with Crippen LogP contribution < -0.4 is 21.3 Å². The summed E-state index contributed by atoms with van der Waals surface area (Å²) in [6.45, 7) is 4.17. The molecule has 28 heavy (non-hydrogen) atoms. The van der Waals surface area contributed by atoms with Crippen LogP contribution in [-0.2, 0) is 6.61 Å². The second-order valence-corrected chi connectivity index (χ2v) is 6.34. The third-order valence-electron chi connectivity index (χ3n) is 4.32. The Balaban J connectivity index is 1.79. The van der Waals surface area contributed by atoms with Gasteiger partial charge in [0.05, 0.1) is 11.4 Å². The van der Waals surface area contributed by atoms with Gasteiger partial charge in [-0.2, -0.15) is 0 Å². The SMILES string of the molecule is Cc1cc(-c2cc(F)ccn2)ccc1COc1c(C)cccc1NC(=O)NN. The predicted molar refractivity (Wildman–Crippen MR) is 106 cm³/mol. The lowest BCUT2D eigenvalue weighted by Gasteiger charge is -2.16. The van der Waals surface area contributed by atoms with Crippen LogP contribution in [0.1, 0.15) is 16.7 Å². The van der Waals surface area contributed by atoms with E-state index < -0.39 is 6.03 Å². The van der Waals surface area contributed by atoms with E-state index in [4.69, 9.17) is 10.6 Å². The standard InChI is InChI=1S/C21H21FN4O2/c1-13-4-3-5-18(25-21(27)26-23)20(13)28-12-16-7-6-15(10-14(16)2)19-11-17(22)8-9-24-19/h3-11H,12,23H2,1-2H3,(H2,25,26,27). The zero-order chi connectivity index (χ0) is 20.1. The van der Waals surface area contributed by atoms with Gasteiger partial charge in [-0.15, -0.1) is 0 Å². The largest absolute Gasteiger partial charge is 0.486 e. The topological polar surface area (TPSA) is 89.3 Å². The van der Waals surface area contributed by atoms with Crippen LogP contribution >= 0.6 is 0 Å². The Bertz CT molecular complexity index is 1010. The van der Waals surface area contributed by atoms with Crippen LogP contribution in [0.4, 0.5) is 14.9 Å². The molecule has 0 unspecified atom stereocenters. The smallest absolute Gasteiger partial charge is 0.333 e. The molecule has 0 bridgehead atoms. The number of nitrogens with zero attached hydrogens (tertiary/aromatic N) is 1. The lowest BCUT2D eigenvalue weighted by Crippen LogP contribution is -2.34. The number of ether oxygens (including phenoxy) is 1. The van der Waals surface area contributed by atoms with Crippen molar-refractivity contribution < 1.29 is 13.9 Å². The molecule has 0 fully saturated rings. The van der Waals surface area contributed by atoms with Gasteiger partial charge in [-0.3, -0.25) is 10.4 Å². The molecule has 2 amide bonds. The molecule has 0 spiro atoms. The molecule has 0 saturated heterocycles. The maximum Gasteiger partial charge on any atom is 0.333 e. The Morgan fingerprint density at radius 3 is 2.68 bits per heavy atom. The van der Waals surface area contributed by atoms with Crippen molar-refractivity contribution in [1.82, 2.24) is 10.4 Å². The molecule has 1 heterocycles. The highest BCUT2D eigenvalue weighted by Crippen LogP contribution is 2.30. The maximum atomic E-state index is 13.4. The number of urea groups is 1. The fourth-order valence-electron chi connectivity index (χ4n) is 2.83. The van der Waals surface area contributed by atoms with Gasteiger partial charge in [-0.1, -0.05) is 24.3 Å². The second kappa shape index (κ2) is 8.49. The number of halogens is 1. The Kier molecular flexibility index (Phi) is 5.86. The maximum absolute atomic E-state index is 13.4. The van der Waals surface area contributed by atoms with Gasteiger partial charge < -0.3 is 10.1 Å². The number of carbonyl (C=O) groups is 1. The van der Waals surface area contributed by atoms with Crippen LogP contribution in [0.15, 0.2) is 54.7 Å². The minimum atomic E-state index is -0.529. The van der Waals surface area contributed by atoms with Crippen molar-refractivity contribution in [3.63, 3.8) is 0 Å². The van der Waals surface area contributed by atoms with Crippen LogP contribution in [0.2, 0.25) is 0 Å². The average Bonchev–Trinajstić information content (AvgIpc) is 2.68. The van der Waals surface area contributed by atoms with E-state index in [1.165, 1.54) is 18.3 Å². The number of aryl methyl sites for hydroxylation is 2. The van der Waals surface area contributed by atoms with Crippen LogP contribution in [0.25, 0.3) is 11.3 Å². The zero-order valence-corrected chi connectivity index (χ0v) is 15.6. The summed E-state index contributed by atoms with van der Waals surface area (Å²) in [4.78, 5) is 15.7. The van der Waals surface area contributed by atoms with Gasteiger partial charge in [0.25, 0.3) is 0 Å². The number of nitrogens with one attached hydrogen (secondary N) is 2. The molecule has 2 aromatic carbocycles. The predicted octanol–water partition coefficient (Wildman–Crippen LogP) is 4.08. The van der Waals surface area contributed by atoms with Crippen molar-refractivity contribution in [3.05, 3.63) is 77.2 Å². The Morgan fingerprint density at radius 1 is 1.14 bits per heavy atom. The Labute approximate surface area is 162 Å². The Hall–Kier alpha value is -3.45. The summed E-state index contributed by atoms with van der Waals surface area (Å²) in [5.41, 5.74) is 6.81. The number of hydrazine groups is 1. The first-order chi connectivity index (χ1) is 13.5.